The third-order valence-corrected chi connectivity index (χ3v) is 2.77. The molecule has 120 valence electrons. The summed E-state index contributed by atoms with van der Waals surface area (Å²) in [5, 5.41) is 14.8. The molecule has 6 heteroatoms. The van der Waals surface area contributed by atoms with E-state index in [1.807, 2.05) is 45.0 Å². The SMILES string of the molecule is CC(C)(C)Oc1ccc(C=NNc2cccc([N+](=O)[O-])c2)cc1. The number of ether oxygens (including phenoxy) is 1. The van der Waals surface area contributed by atoms with E-state index in [9.17, 15) is 10.1 Å². The fourth-order valence-electron chi connectivity index (χ4n) is 1.85. The monoisotopic (exact) mass is 313 g/mol. The van der Waals surface area contributed by atoms with E-state index in [1.165, 1.54) is 12.1 Å². The Bertz CT molecular complexity index is 704. The van der Waals surface area contributed by atoms with Crippen molar-refractivity contribution in [2.24, 2.45) is 5.10 Å². The van der Waals surface area contributed by atoms with E-state index in [1.54, 1.807) is 18.3 Å². The number of non-ortho nitro benzene ring substituents is 1. The lowest BCUT2D eigenvalue weighted by Crippen LogP contribution is -2.22. The minimum absolute atomic E-state index is 0.0221. The van der Waals surface area contributed by atoms with Gasteiger partial charge in [0.05, 0.1) is 16.8 Å². The maximum absolute atomic E-state index is 10.7. The molecule has 1 N–H and O–H groups in total. The molecule has 0 atom stereocenters. The molecule has 2 aromatic rings. The summed E-state index contributed by atoms with van der Waals surface area (Å²) in [7, 11) is 0. The predicted octanol–water partition coefficient (Wildman–Crippen LogP) is 4.22. The zero-order chi connectivity index (χ0) is 16.9. The molecule has 0 saturated carbocycles. The van der Waals surface area contributed by atoms with Crippen molar-refractivity contribution < 1.29 is 9.66 Å². The van der Waals surface area contributed by atoms with Gasteiger partial charge in [0.2, 0.25) is 0 Å². The van der Waals surface area contributed by atoms with Crippen LogP contribution in [0.1, 0.15) is 26.3 Å². The Labute approximate surface area is 134 Å². The molecule has 0 aliphatic rings. The average Bonchev–Trinajstić information content (AvgIpc) is 2.48. The van der Waals surface area contributed by atoms with Crippen molar-refractivity contribution in [1.82, 2.24) is 0 Å². The van der Waals surface area contributed by atoms with Crippen LogP contribution in [0.5, 0.6) is 5.75 Å². The van der Waals surface area contributed by atoms with Gasteiger partial charge in [0.25, 0.3) is 5.69 Å². The average molecular weight is 313 g/mol. The summed E-state index contributed by atoms with van der Waals surface area (Å²) >= 11 is 0. The van der Waals surface area contributed by atoms with E-state index >= 15 is 0 Å². The van der Waals surface area contributed by atoms with Gasteiger partial charge in [-0.2, -0.15) is 5.10 Å². The highest BCUT2D eigenvalue weighted by atomic mass is 16.6. The van der Waals surface area contributed by atoms with Crippen LogP contribution < -0.4 is 10.2 Å². The fraction of sp³-hybridized carbons (Fsp3) is 0.235. The lowest BCUT2D eigenvalue weighted by molar-refractivity contribution is -0.384. The number of hydrogen-bond donors (Lipinski definition) is 1. The number of hydrazone groups is 1. The van der Waals surface area contributed by atoms with Crippen LogP contribution in [0.15, 0.2) is 53.6 Å². The van der Waals surface area contributed by atoms with Crippen LogP contribution in [0.4, 0.5) is 11.4 Å². The summed E-state index contributed by atoms with van der Waals surface area (Å²) < 4.78 is 5.74. The highest BCUT2D eigenvalue weighted by molar-refractivity contribution is 5.80. The van der Waals surface area contributed by atoms with Gasteiger partial charge in [-0.3, -0.25) is 15.5 Å². The van der Waals surface area contributed by atoms with Gasteiger partial charge in [-0.15, -0.1) is 0 Å². The molecule has 0 aliphatic carbocycles. The molecule has 0 unspecified atom stereocenters. The summed E-state index contributed by atoms with van der Waals surface area (Å²) in [6.07, 6.45) is 1.64. The topological polar surface area (TPSA) is 76.8 Å². The Morgan fingerprint density at radius 1 is 1.17 bits per heavy atom. The van der Waals surface area contributed by atoms with Crippen LogP contribution >= 0.6 is 0 Å². The summed E-state index contributed by atoms with van der Waals surface area (Å²) in [4.78, 5) is 10.3. The lowest BCUT2D eigenvalue weighted by atomic mass is 10.2. The van der Waals surface area contributed by atoms with E-state index in [2.05, 4.69) is 10.5 Å². The van der Waals surface area contributed by atoms with Crippen molar-refractivity contribution in [3.63, 3.8) is 0 Å². The number of benzene rings is 2. The van der Waals surface area contributed by atoms with E-state index in [0.717, 1.165) is 11.3 Å². The maximum Gasteiger partial charge on any atom is 0.271 e. The van der Waals surface area contributed by atoms with Gasteiger partial charge in [0.1, 0.15) is 11.4 Å². The molecule has 0 saturated heterocycles. The van der Waals surface area contributed by atoms with Crippen molar-refractivity contribution in [3.05, 3.63) is 64.2 Å². The van der Waals surface area contributed by atoms with Gasteiger partial charge < -0.3 is 4.74 Å². The van der Waals surface area contributed by atoms with Gasteiger partial charge >= 0.3 is 0 Å². The van der Waals surface area contributed by atoms with Crippen LogP contribution in [0, 0.1) is 10.1 Å². The zero-order valence-electron chi connectivity index (χ0n) is 13.3. The van der Waals surface area contributed by atoms with Crippen molar-refractivity contribution in [3.8, 4) is 5.75 Å². The molecular weight excluding hydrogens is 294 g/mol. The first-order valence-corrected chi connectivity index (χ1v) is 7.16. The molecule has 2 rings (SSSR count). The number of rotatable bonds is 5. The number of nitrogens with zero attached hydrogens (tertiary/aromatic N) is 2. The predicted molar refractivity (Wildman–Crippen MR) is 91.1 cm³/mol. The first kappa shape index (κ1) is 16.5. The first-order valence-electron chi connectivity index (χ1n) is 7.16. The molecule has 23 heavy (non-hydrogen) atoms. The Morgan fingerprint density at radius 2 is 1.87 bits per heavy atom. The van der Waals surface area contributed by atoms with E-state index in [4.69, 9.17) is 4.74 Å². The Balaban J connectivity index is 1.98. The number of nitro groups is 1. The third-order valence-electron chi connectivity index (χ3n) is 2.77. The number of anilines is 1. The van der Waals surface area contributed by atoms with Crippen molar-refractivity contribution in [2.45, 2.75) is 26.4 Å². The molecule has 0 spiro atoms. The highest BCUT2D eigenvalue weighted by Gasteiger charge is 2.11. The van der Waals surface area contributed by atoms with Gasteiger partial charge in [-0.05, 0) is 56.7 Å². The minimum Gasteiger partial charge on any atom is -0.488 e. The lowest BCUT2D eigenvalue weighted by Gasteiger charge is -2.21. The third kappa shape index (κ3) is 5.43. The second-order valence-corrected chi connectivity index (χ2v) is 5.96. The fourth-order valence-corrected chi connectivity index (χ4v) is 1.85. The molecule has 0 radical (unpaired) electrons. The van der Waals surface area contributed by atoms with Gasteiger partial charge in [0, 0.05) is 12.1 Å². The minimum atomic E-state index is -0.442. The molecular formula is C17H19N3O3. The quantitative estimate of drug-likeness (QED) is 0.509. The van der Waals surface area contributed by atoms with Gasteiger partial charge in [-0.25, -0.2) is 0 Å². The standard InChI is InChI=1S/C17H19N3O3/c1-17(2,3)23-16-9-7-13(8-10-16)12-18-19-14-5-4-6-15(11-14)20(21)22/h4-12,19H,1-3H3. The van der Waals surface area contributed by atoms with Crippen molar-refractivity contribution in [2.75, 3.05) is 5.43 Å². The number of hydrogen-bond acceptors (Lipinski definition) is 5. The van der Waals surface area contributed by atoms with Crippen LogP contribution in [0.25, 0.3) is 0 Å². The molecule has 0 fully saturated rings. The van der Waals surface area contributed by atoms with Gasteiger partial charge in [0.15, 0.2) is 0 Å². The van der Waals surface area contributed by atoms with Crippen molar-refractivity contribution >= 4 is 17.6 Å². The van der Waals surface area contributed by atoms with Crippen LogP contribution in [-0.2, 0) is 0 Å². The zero-order valence-corrected chi connectivity index (χ0v) is 13.3. The molecule has 2 aromatic carbocycles. The van der Waals surface area contributed by atoms with Crippen molar-refractivity contribution in [1.29, 1.82) is 0 Å². The highest BCUT2D eigenvalue weighted by Crippen LogP contribution is 2.18. The Morgan fingerprint density at radius 3 is 2.48 bits per heavy atom. The number of nitrogens with one attached hydrogen (secondary N) is 1. The molecule has 6 nitrogen and oxygen atoms in total. The summed E-state index contributed by atoms with van der Waals surface area (Å²) in [5.74, 6) is 0.793. The van der Waals surface area contributed by atoms with Crippen LogP contribution in [0.2, 0.25) is 0 Å². The summed E-state index contributed by atoms with van der Waals surface area (Å²) in [6.45, 7) is 5.97. The smallest absolute Gasteiger partial charge is 0.271 e. The Hall–Kier alpha value is -2.89. The van der Waals surface area contributed by atoms with E-state index in [-0.39, 0.29) is 11.3 Å². The van der Waals surface area contributed by atoms with Gasteiger partial charge in [-0.1, -0.05) is 6.07 Å². The largest absolute Gasteiger partial charge is 0.488 e. The normalized spacial score (nSPS) is 11.4. The molecule has 0 heterocycles. The molecule has 0 bridgehead atoms. The second-order valence-electron chi connectivity index (χ2n) is 5.96. The first-order chi connectivity index (χ1) is 10.8. The molecule has 0 amide bonds. The van der Waals surface area contributed by atoms with Crippen LogP contribution in [0.3, 0.4) is 0 Å². The van der Waals surface area contributed by atoms with Crippen LogP contribution in [-0.4, -0.2) is 16.7 Å². The molecule has 0 aliphatic heterocycles. The van der Waals surface area contributed by atoms with E-state index < -0.39 is 4.92 Å². The summed E-state index contributed by atoms with van der Waals surface area (Å²) in [5.41, 5.74) is 4.01. The second kappa shape index (κ2) is 6.91. The van der Waals surface area contributed by atoms with E-state index in [0.29, 0.717) is 5.69 Å². The Kier molecular flexibility index (Phi) is 4.95. The number of nitro benzene ring substituents is 1. The maximum atomic E-state index is 10.7. The summed E-state index contributed by atoms with van der Waals surface area (Å²) in [6, 6.07) is 13.7. The molecule has 0 aromatic heterocycles.